The summed E-state index contributed by atoms with van der Waals surface area (Å²) >= 11 is 0. The van der Waals surface area contributed by atoms with Crippen molar-refractivity contribution in [2.45, 2.75) is 93.9 Å². The summed E-state index contributed by atoms with van der Waals surface area (Å²) in [6, 6.07) is 7.40. The Labute approximate surface area is 317 Å². The first kappa shape index (κ1) is 38.5. The van der Waals surface area contributed by atoms with E-state index >= 15 is 8.78 Å². The van der Waals surface area contributed by atoms with Crippen molar-refractivity contribution in [1.82, 2.24) is 25.2 Å². The molecule has 1 aliphatic carbocycles. The molecule has 0 bridgehead atoms. The van der Waals surface area contributed by atoms with Gasteiger partial charge in [0.05, 0.1) is 28.8 Å². The van der Waals surface area contributed by atoms with Crippen LogP contribution in [0.1, 0.15) is 63.1 Å². The SMILES string of the molecule is C#Cc1c(F)ccc2cccc(-c3nc4c5c(nc(OCC67CCCN6[C@H](COC(C)(C(F)(F)F)C(F)(F)F)CC7)nc5c3F)NCCN[C@H]3CCC3CC4)c12. The normalized spacial score (nSPS) is 24.5. The third kappa shape index (κ3) is 6.49. The first-order chi connectivity index (χ1) is 26.6. The quantitative estimate of drug-likeness (QED) is 0.144. The molecule has 8 rings (SSSR count). The highest BCUT2D eigenvalue weighted by Crippen LogP contribution is 2.48. The number of alkyl halides is 6. The average Bonchev–Trinajstić information content (AvgIpc) is 3.71. The van der Waals surface area contributed by atoms with Crippen molar-refractivity contribution >= 4 is 27.5 Å². The Balaban J connectivity index is 1.16. The molecule has 2 saturated heterocycles. The van der Waals surface area contributed by atoms with Crippen molar-refractivity contribution in [3.8, 4) is 29.6 Å². The molecule has 3 aliphatic heterocycles. The van der Waals surface area contributed by atoms with Crippen LogP contribution < -0.4 is 15.4 Å². The van der Waals surface area contributed by atoms with Crippen molar-refractivity contribution < 1.29 is 44.6 Å². The largest absolute Gasteiger partial charge is 0.461 e. The lowest BCUT2D eigenvalue weighted by atomic mass is 9.76. The van der Waals surface area contributed by atoms with Crippen LogP contribution in [0.4, 0.5) is 40.9 Å². The predicted molar refractivity (Wildman–Crippen MR) is 193 cm³/mol. The molecule has 5 heterocycles. The number of halogens is 8. The monoisotopic (exact) mass is 788 g/mol. The number of hydrogen-bond acceptors (Lipinski definition) is 8. The summed E-state index contributed by atoms with van der Waals surface area (Å²) < 4.78 is 125. The van der Waals surface area contributed by atoms with Gasteiger partial charge in [0, 0.05) is 36.1 Å². The molecule has 2 unspecified atom stereocenters. The Hall–Kier alpha value is -4.33. The maximum Gasteiger partial charge on any atom is 0.426 e. The fourth-order valence-corrected chi connectivity index (χ4v) is 8.99. The number of benzene rings is 2. The lowest BCUT2D eigenvalue weighted by Gasteiger charge is -2.37. The summed E-state index contributed by atoms with van der Waals surface area (Å²) in [5, 5.41) is 8.21. The summed E-state index contributed by atoms with van der Waals surface area (Å²) in [6.45, 7) is 0.664. The molecule has 4 atom stereocenters. The first-order valence-corrected chi connectivity index (χ1v) is 18.9. The molecular weight excluding hydrogens is 748 g/mol. The van der Waals surface area contributed by atoms with Crippen LogP contribution in [0, 0.1) is 29.9 Å². The molecule has 0 spiro atoms. The number of terminal acetylenes is 1. The highest BCUT2D eigenvalue weighted by atomic mass is 19.4. The standard InChI is InChI=1S/C40H40F8N6O2/c1-3-25-27(41)11-8-23-6-4-7-26(30(23)25)33-32(42)34-31-29(51-33)13-10-22-9-12-28(22)49-17-18-50-35(31)53-36(52-34)55-21-38-15-5-19-54(38)24(14-16-38)20-56-37(2,39(43,44)45)40(46,47)48/h1,4,6-8,11,22,24,28,49H,5,9-10,12-21H2,2H3,(H,50,52,53)/t22?,24-,28-,38?/m0/s1. The Kier molecular flexibility index (Phi) is 9.81. The highest BCUT2D eigenvalue weighted by Gasteiger charge is 2.69. The van der Waals surface area contributed by atoms with Gasteiger partial charge in [-0.05, 0) is 82.2 Å². The van der Waals surface area contributed by atoms with Crippen LogP contribution in [0.2, 0.25) is 0 Å². The van der Waals surface area contributed by atoms with Crippen molar-refractivity contribution in [3.63, 3.8) is 0 Å². The van der Waals surface area contributed by atoms with E-state index < -0.39 is 47.8 Å². The minimum atomic E-state index is -5.67. The molecule has 4 aliphatic rings. The van der Waals surface area contributed by atoms with Gasteiger partial charge in [-0.1, -0.05) is 30.2 Å². The zero-order valence-electron chi connectivity index (χ0n) is 30.5. The van der Waals surface area contributed by atoms with Gasteiger partial charge in [-0.15, -0.1) is 6.42 Å². The summed E-state index contributed by atoms with van der Waals surface area (Å²) in [7, 11) is 0. The number of pyridine rings is 1. The van der Waals surface area contributed by atoms with Crippen LogP contribution in [0.3, 0.4) is 0 Å². The molecule has 16 heteroatoms. The summed E-state index contributed by atoms with van der Waals surface area (Å²) in [5.41, 5.74) is -4.35. The van der Waals surface area contributed by atoms with Crippen LogP contribution in [0.5, 0.6) is 6.01 Å². The minimum absolute atomic E-state index is 0.00781. The van der Waals surface area contributed by atoms with Gasteiger partial charge in [0.2, 0.25) is 0 Å². The molecule has 1 saturated carbocycles. The van der Waals surface area contributed by atoms with Crippen molar-refractivity contribution in [1.29, 1.82) is 0 Å². The number of ether oxygens (including phenoxy) is 2. The van der Waals surface area contributed by atoms with Crippen LogP contribution in [-0.4, -0.2) is 88.3 Å². The van der Waals surface area contributed by atoms with Gasteiger partial charge < -0.3 is 20.1 Å². The van der Waals surface area contributed by atoms with Crippen molar-refractivity contribution in [2.75, 3.05) is 38.2 Å². The lowest BCUT2D eigenvalue weighted by Crippen LogP contribution is -2.58. The summed E-state index contributed by atoms with van der Waals surface area (Å²) in [6.07, 6.45) is -0.330. The molecule has 0 radical (unpaired) electrons. The fraction of sp³-hybridized carbons (Fsp3) is 0.525. The van der Waals surface area contributed by atoms with E-state index in [0.717, 1.165) is 19.3 Å². The molecule has 8 nitrogen and oxygen atoms in total. The van der Waals surface area contributed by atoms with E-state index in [9.17, 15) is 26.3 Å². The van der Waals surface area contributed by atoms with Crippen LogP contribution in [-0.2, 0) is 11.2 Å². The number of nitrogens with zero attached hydrogens (tertiary/aromatic N) is 4. The van der Waals surface area contributed by atoms with Gasteiger partial charge in [-0.25, -0.2) is 13.8 Å². The topological polar surface area (TPSA) is 84.4 Å². The van der Waals surface area contributed by atoms with E-state index in [2.05, 4.69) is 31.3 Å². The number of hydrogen-bond donors (Lipinski definition) is 2. The molecule has 298 valence electrons. The Morgan fingerprint density at radius 3 is 2.48 bits per heavy atom. The number of anilines is 1. The molecule has 3 fully saturated rings. The molecule has 0 amide bonds. The lowest BCUT2D eigenvalue weighted by molar-refractivity contribution is -0.375. The second kappa shape index (κ2) is 14.2. The number of aromatic nitrogens is 3. The maximum atomic E-state index is 17.1. The molecule has 4 aromatic rings. The van der Waals surface area contributed by atoms with E-state index in [0.29, 0.717) is 90.5 Å². The van der Waals surface area contributed by atoms with E-state index in [-0.39, 0.29) is 42.7 Å². The Bertz CT molecular complexity index is 2190. The zero-order valence-corrected chi connectivity index (χ0v) is 30.5. The average molecular weight is 789 g/mol. The number of aryl methyl sites for hydroxylation is 1. The number of rotatable bonds is 7. The van der Waals surface area contributed by atoms with E-state index in [4.69, 9.17) is 16.1 Å². The van der Waals surface area contributed by atoms with Gasteiger partial charge in [-0.2, -0.15) is 36.3 Å². The highest BCUT2D eigenvalue weighted by molar-refractivity contribution is 6.02. The second-order valence-corrected chi connectivity index (χ2v) is 15.5. The third-order valence-electron chi connectivity index (χ3n) is 12.4. The van der Waals surface area contributed by atoms with Crippen LogP contribution in [0.15, 0.2) is 30.3 Å². The molecule has 2 aromatic heterocycles. The molecule has 2 N–H and O–H groups in total. The maximum absolute atomic E-state index is 17.1. The smallest absolute Gasteiger partial charge is 0.426 e. The van der Waals surface area contributed by atoms with E-state index in [1.807, 2.05) is 4.90 Å². The number of nitrogens with one attached hydrogen (secondary N) is 2. The van der Waals surface area contributed by atoms with Crippen LogP contribution in [0.25, 0.3) is 32.9 Å². The zero-order chi connectivity index (χ0) is 39.6. The molecule has 2 aromatic carbocycles. The van der Waals surface area contributed by atoms with Gasteiger partial charge in [0.25, 0.3) is 5.60 Å². The Morgan fingerprint density at radius 2 is 1.75 bits per heavy atom. The predicted octanol–water partition coefficient (Wildman–Crippen LogP) is 8.11. The van der Waals surface area contributed by atoms with Crippen molar-refractivity contribution in [3.05, 3.63) is 53.2 Å². The molecular formula is C40H40F8N6O2. The van der Waals surface area contributed by atoms with E-state index in [1.54, 1.807) is 24.3 Å². The molecule has 56 heavy (non-hydrogen) atoms. The van der Waals surface area contributed by atoms with Crippen molar-refractivity contribution in [2.24, 2.45) is 5.92 Å². The first-order valence-electron chi connectivity index (χ1n) is 18.9. The van der Waals surface area contributed by atoms with E-state index in [1.165, 1.54) is 6.07 Å². The van der Waals surface area contributed by atoms with Crippen LogP contribution >= 0.6 is 0 Å². The fourth-order valence-electron chi connectivity index (χ4n) is 8.99. The summed E-state index contributed by atoms with van der Waals surface area (Å²) in [4.78, 5) is 16.0. The van der Waals surface area contributed by atoms with Gasteiger partial charge in [0.1, 0.15) is 29.5 Å². The Morgan fingerprint density at radius 1 is 0.946 bits per heavy atom. The van der Waals surface area contributed by atoms with Gasteiger partial charge in [0.15, 0.2) is 5.82 Å². The third-order valence-corrected chi connectivity index (χ3v) is 12.4. The summed E-state index contributed by atoms with van der Waals surface area (Å²) in [5.74, 6) is 1.70. The second-order valence-electron chi connectivity index (χ2n) is 15.5. The van der Waals surface area contributed by atoms with Gasteiger partial charge >= 0.3 is 18.4 Å². The number of fused-ring (bicyclic) bond motifs is 3. The van der Waals surface area contributed by atoms with Gasteiger partial charge in [-0.3, -0.25) is 4.90 Å². The minimum Gasteiger partial charge on any atom is -0.461 e.